The Kier molecular flexibility index (Phi) is 4.07. The minimum absolute atomic E-state index is 0.689. The first-order chi connectivity index (χ1) is 9.58. The van der Waals surface area contributed by atoms with Gasteiger partial charge in [-0.15, -0.1) is 0 Å². The molecule has 2 aliphatic rings. The van der Waals surface area contributed by atoms with Crippen molar-refractivity contribution in [2.45, 2.75) is 64.2 Å². The minimum atomic E-state index is 0.689. The van der Waals surface area contributed by atoms with Crippen molar-refractivity contribution in [2.75, 3.05) is 6.54 Å². The Bertz CT molecular complexity index is 472. The van der Waals surface area contributed by atoms with Gasteiger partial charge < -0.3 is 5.32 Å². The first kappa shape index (κ1) is 14.4. The van der Waals surface area contributed by atoms with Crippen LogP contribution >= 0.6 is 11.6 Å². The average molecular weight is 297 g/mol. The summed E-state index contributed by atoms with van der Waals surface area (Å²) >= 11 is 6.39. The smallest absolute Gasteiger partial charge is 0.131 e. The van der Waals surface area contributed by atoms with Crippen LogP contribution in [0.1, 0.15) is 43.9 Å². The molecular formula is C15H25ClN4. The molecule has 0 aromatic carbocycles. The number of hydrogen-bond donors (Lipinski definition) is 1. The molecule has 2 atom stereocenters. The Morgan fingerprint density at radius 1 is 1.35 bits per heavy atom. The van der Waals surface area contributed by atoms with E-state index in [1.807, 2.05) is 7.05 Å². The third-order valence-electron chi connectivity index (χ3n) is 5.00. The molecule has 2 aliphatic heterocycles. The highest BCUT2D eigenvalue weighted by Crippen LogP contribution is 2.31. The molecule has 3 rings (SSSR count). The lowest BCUT2D eigenvalue weighted by Gasteiger charge is -2.37. The van der Waals surface area contributed by atoms with Crippen molar-refractivity contribution in [1.82, 2.24) is 20.0 Å². The zero-order valence-electron chi connectivity index (χ0n) is 12.7. The van der Waals surface area contributed by atoms with Crippen LogP contribution in [-0.2, 0) is 13.6 Å². The van der Waals surface area contributed by atoms with E-state index in [1.54, 1.807) is 4.68 Å². The minimum Gasteiger partial charge on any atom is -0.311 e. The average Bonchev–Trinajstić information content (AvgIpc) is 2.88. The van der Waals surface area contributed by atoms with E-state index in [1.165, 1.54) is 31.2 Å². The number of aryl methyl sites for hydroxylation is 2. The summed E-state index contributed by atoms with van der Waals surface area (Å²) in [5.41, 5.74) is 2.26. The van der Waals surface area contributed by atoms with Crippen LogP contribution in [0.25, 0.3) is 0 Å². The lowest BCUT2D eigenvalue weighted by atomic mass is 9.97. The van der Waals surface area contributed by atoms with E-state index >= 15 is 0 Å². The van der Waals surface area contributed by atoms with Crippen molar-refractivity contribution in [3.8, 4) is 0 Å². The quantitative estimate of drug-likeness (QED) is 0.927. The molecule has 5 heteroatoms. The van der Waals surface area contributed by atoms with Crippen LogP contribution in [0.2, 0.25) is 5.15 Å². The second-order valence-corrected chi connectivity index (χ2v) is 6.66. The summed E-state index contributed by atoms with van der Waals surface area (Å²) < 4.78 is 1.78. The third kappa shape index (κ3) is 2.61. The highest BCUT2D eigenvalue weighted by Gasteiger charge is 2.36. The maximum absolute atomic E-state index is 6.39. The number of halogens is 1. The molecule has 2 bridgehead atoms. The van der Waals surface area contributed by atoms with Gasteiger partial charge in [0.15, 0.2) is 0 Å². The normalized spacial score (nSPS) is 29.4. The summed E-state index contributed by atoms with van der Waals surface area (Å²) in [5.74, 6) is 0. The standard InChI is InChI=1S/C15H25ClN4/c1-4-20(9-14-10(2)18-19(3)15(14)16)13-7-11-5-6-12(8-13)17-11/h11-13,17H,4-9H2,1-3H3. The molecule has 2 fully saturated rings. The van der Waals surface area contributed by atoms with Gasteiger partial charge in [-0.1, -0.05) is 18.5 Å². The molecule has 2 saturated heterocycles. The molecule has 1 aromatic rings. The molecular weight excluding hydrogens is 272 g/mol. The van der Waals surface area contributed by atoms with Crippen molar-refractivity contribution in [1.29, 1.82) is 0 Å². The fourth-order valence-corrected chi connectivity index (χ4v) is 4.12. The molecule has 0 amide bonds. The van der Waals surface area contributed by atoms with Gasteiger partial charge in [0.05, 0.1) is 5.69 Å². The monoisotopic (exact) mass is 296 g/mol. The highest BCUT2D eigenvalue weighted by atomic mass is 35.5. The van der Waals surface area contributed by atoms with Crippen molar-refractivity contribution in [3.05, 3.63) is 16.4 Å². The predicted molar refractivity (Wildman–Crippen MR) is 82.0 cm³/mol. The van der Waals surface area contributed by atoms with Crippen LogP contribution < -0.4 is 5.32 Å². The summed E-state index contributed by atoms with van der Waals surface area (Å²) in [7, 11) is 1.92. The number of piperidine rings is 1. The molecule has 4 nitrogen and oxygen atoms in total. The van der Waals surface area contributed by atoms with E-state index < -0.39 is 0 Å². The summed E-state index contributed by atoms with van der Waals surface area (Å²) in [6.45, 7) is 6.32. The number of hydrogen-bond acceptors (Lipinski definition) is 3. The zero-order valence-corrected chi connectivity index (χ0v) is 13.5. The van der Waals surface area contributed by atoms with Crippen LogP contribution in [0.5, 0.6) is 0 Å². The van der Waals surface area contributed by atoms with Crippen LogP contribution in [-0.4, -0.2) is 39.4 Å². The lowest BCUT2D eigenvalue weighted by Crippen LogP contribution is -2.48. The maximum Gasteiger partial charge on any atom is 0.131 e. The van der Waals surface area contributed by atoms with Gasteiger partial charge in [-0.25, -0.2) is 0 Å². The lowest BCUT2D eigenvalue weighted by molar-refractivity contribution is 0.140. The number of nitrogens with one attached hydrogen (secondary N) is 1. The van der Waals surface area contributed by atoms with Gasteiger partial charge >= 0.3 is 0 Å². The number of nitrogens with zero attached hydrogens (tertiary/aromatic N) is 3. The number of rotatable bonds is 4. The molecule has 1 N–H and O–H groups in total. The van der Waals surface area contributed by atoms with Gasteiger partial charge in [0.2, 0.25) is 0 Å². The van der Waals surface area contributed by atoms with Gasteiger partial charge in [0.1, 0.15) is 5.15 Å². The fraction of sp³-hybridized carbons (Fsp3) is 0.800. The van der Waals surface area contributed by atoms with Gasteiger partial charge in [0.25, 0.3) is 0 Å². The zero-order chi connectivity index (χ0) is 14.3. The first-order valence-corrected chi connectivity index (χ1v) is 8.14. The molecule has 1 aromatic heterocycles. The summed E-state index contributed by atoms with van der Waals surface area (Å²) in [6.07, 6.45) is 5.26. The first-order valence-electron chi connectivity index (χ1n) is 7.76. The molecule has 0 aliphatic carbocycles. The van der Waals surface area contributed by atoms with Crippen LogP contribution in [0.4, 0.5) is 0 Å². The van der Waals surface area contributed by atoms with E-state index in [0.29, 0.717) is 6.04 Å². The second kappa shape index (κ2) is 5.66. The molecule has 2 unspecified atom stereocenters. The molecule has 0 saturated carbocycles. The summed E-state index contributed by atoms with van der Waals surface area (Å²) in [6, 6.07) is 2.16. The van der Waals surface area contributed by atoms with Gasteiger partial charge in [0, 0.05) is 37.3 Å². The highest BCUT2D eigenvalue weighted by molar-refractivity contribution is 6.30. The van der Waals surface area contributed by atoms with Crippen molar-refractivity contribution >= 4 is 11.6 Å². The van der Waals surface area contributed by atoms with E-state index in [4.69, 9.17) is 11.6 Å². The molecule has 0 spiro atoms. The Labute approximate surface area is 126 Å². The topological polar surface area (TPSA) is 33.1 Å². The van der Waals surface area contributed by atoms with E-state index in [2.05, 4.69) is 29.2 Å². The van der Waals surface area contributed by atoms with Gasteiger partial charge in [-0.3, -0.25) is 9.58 Å². The maximum atomic E-state index is 6.39. The van der Waals surface area contributed by atoms with Crippen molar-refractivity contribution < 1.29 is 0 Å². The predicted octanol–water partition coefficient (Wildman–Crippen LogP) is 2.49. The third-order valence-corrected chi connectivity index (χ3v) is 5.47. The number of aromatic nitrogens is 2. The Balaban J connectivity index is 1.73. The fourth-order valence-electron chi connectivity index (χ4n) is 3.88. The summed E-state index contributed by atoms with van der Waals surface area (Å²) in [5, 5.41) is 8.94. The molecule has 3 heterocycles. The van der Waals surface area contributed by atoms with Gasteiger partial charge in [-0.2, -0.15) is 5.10 Å². The molecule has 112 valence electrons. The molecule has 20 heavy (non-hydrogen) atoms. The SMILES string of the molecule is CCN(Cc1c(C)nn(C)c1Cl)C1CC2CCC(C1)N2. The summed E-state index contributed by atoms with van der Waals surface area (Å²) in [4.78, 5) is 2.59. The van der Waals surface area contributed by atoms with Crippen molar-refractivity contribution in [2.24, 2.45) is 7.05 Å². The Morgan fingerprint density at radius 2 is 2.00 bits per heavy atom. The Hall–Kier alpha value is -0.580. The van der Waals surface area contributed by atoms with Crippen molar-refractivity contribution in [3.63, 3.8) is 0 Å². The largest absolute Gasteiger partial charge is 0.311 e. The number of fused-ring (bicyclic) bond motifs is 2. The van der Waals surface area contributed by atoms with E-state index in [0.717, 1.165) is 36.0 Å². The molecule has 0 radical (unpaired) electrons. The Morgan fingerprint density at radius 3 is 2.50 bits per heavy atom. The van der Waals surface area contributed by atoms with E-state index in [-0.39, 0.29) is 0 Å². The van der Waals surface area contributed by atoms with Gasteiger partial charge in [-0.05, 0) is 39.2 Å². The van der Waals surface area contributed by atoms with Crippen LogP contribution in [0.3, 0.4) is 0 Å². The van der Waals surface area contributed by atoms with Crippen LogP contribution in [0, 0.1) is 6.92 Å². The van der Waals surface area contributed by atoms with E-state index in [9.17, 15) is 0 Å². The van der Waals surface area contributed by atoms with Crippen LogP contribution in [0.15, 0.2) is 0 Å². The second-order valence-electron chi connectivity index (χ2n) is 6.30.